The third-order valence-electron chi connectivity index (χ3n) is 4.26. The molecule has 1 N–H and O–H groups in total. The smallest absolute Gasteiger partial charge is 0.209 e. The standard InChI is InChI=1S/C22H19N3OS/c1-26-20-13-11-19(12-14-20)21-23-22(25-24-21)27-15-16-7-9-18(10-8-16)17-5-3-2-4-6-17/h2-14H,15H2,1H3,(H,23,24,25). The van der Waals surface area contributed by atoms with Gasteiger partial charge in [-0.3, -0.25) is 5.10 Å². The average molecular weight is 373 g/mol. The molecule has 0 saturated heterocycles. The van der Waals surface area contributed by atoms with E-state index in [1.165, 1.54) is 16.7 Å². The Kier molecular flexibility index (Phi) is 5.21. The van der Waals surface area contributed by atoms with E-state index < -0.39 is 0 Å². The van der Waals surface area contributed by atoms with E-state index in [1.807, 2.05) is 30.3 Å². The zero-order chi connectivity index (χ0) is 18.5. The molecule has 4 rings (SSSR count). The molecule has 4 aromatic rings. The van der Waals surface area contributed by atoms with Gasteiger partial charge in [-0.15, -0.1) is 5.10 Å². The van der Waals surface area contributed by atoms with Crippen LogP contribution in [0.25, 0.3) is 22.5 Å². The highest BCUT2D eigenvalue weighted by molar-refractivity contribution is 7.98. The fourth-order valence-corrected chi connectivity index (χ4v) is 3.52. The lowest BCUT2D eigenvalue weighted by Gasteiger charge is -2.03. The minimum absolute atomic E-state index is 0.743. The van der Waals surface area contributed by atoms with E-state index in [0.717, 1.165) is 28.0 Å². The maximum atomic E-state index is 5.18. The number of benzene rings is 3. The number of thioether (sulfide) groups is 1. The van der Waals surface area contributed by atoms with Gasteiger partial charge in [0.1, 0.15) is 5.75 Å². The summed E-state index contributed by atoms with van der Waals surface area (Å²) in [5, 5.41) is 8.06. The Bertz CT molecular complexity index is 996. The summed E-state index contributed by atoms with van der Waals surface area (Å²) in [6.07, 6.45) is 0. The Morgan fingerprint density at radius 2 is 1.48 bits per heavy atom. The molecular weight excluding hydrogens is 354 g/mol. The lowest BCUT2D eigenvalue weighted by molar-refractivity contribution is 0.415. The first-order chi connectivity index (χ1) is 13.3. The lowest BCUT2D eigenvalue weighted by atomic mass is 10.0. The summed E-state index contributed by atoms with van der Waals surface area (Å²) in [6, 6.07) is 26.8. The number of hydrogen-bond donors (Lipinski definition) is 1. The van der Waals surface area contributed by atoms with Gasteiger partial charge in [0, 0.05) is 11.3 Å². The van der Waals surface area contributed by atoms with Crippen molar-refractivity contribution in [1.82, 2.24) is 15.2 Å². The van der Waals surface area contributed by atoms with Gasteiger partial charge in [0.2, 0.25) is 5.16 Å². The van der Waals surface area contributed by atoms with Crippen molar-refractivity contribution in [2.24, 2.45) is 0 Å². The highest BCUT2D eigenvalue weighted by atomic mass is 32.2. The first-order valence-corrected chi connectivity index (χ1v) is 9.64. The first kappa shape index (κ1) is 17.4. The number of nitrogens with zero attached hydrogens (tertiary/aromatic N) is 2. The van der Waals surface area contributed by atoms with E-state index in [9.17, 15) is 0 Å². The van der Waals surface area contributed by atoms with Gasteiger partial charge >= 0.3 is 0 Å². The van der Waals surface area contributed by atoms with Crippen LogP contribution in [0.15, 0.2) is 84.0 Å². The van der Waals surface area contributed by atoms with Crippen LogP contribution in [-0.2, 0) is 5.75 Å². The second-order valence-electron chi connectivity index (χ2n) is 6.05. The predicted molar refractivity (Wildman–Crippen MR) is 110 cm³/mol. The molecule has 5 heteroatoms. The second kappa shape index (κ2) is 8.10. The molecule has 27 heavy (non-hydrogen) atoms. The van der Waals surface area contributed by atoms with Crippen LogP contribution < -0.4 is 4.74 Å². The molecule has 0 saturated carbocycles. The van der Waals surface area contributed by atoms with Crippen LogP contribution in [0.4, 0.5) is 0 Å². The molecule has 0 aliphatic heterocycles. The van der Waals surface area contributed by atoms with Crippen LogP contribution in [0.1, 0.15) is 5.56 Å². The molecule has 0 aliphatic carbocycles. The number of hydrogen-bond acceptors (Lipinski definition) is 4. The van der Waals surface area contributed by atoms with Crippen LogP contribution >= 0.6 is 11.8 Å². The van der Waals surface area contributed by atoms with Crippen molar-refractivity contribution >= 4 is 11.8 Å². The molecule has 0 amide bonds. The van der Waals surface area contributed by atoms with Gasteiger partial charge in [-0.05, 0) is 41.0 Å². The largest absolute Gasteiger partial charge is 0.497 e. The van der Waals surface area contributed by atoms with Crippen molar-refractivity contribution in [3.05, 3.63) is 84.4 Å². The summed E-state index contributed by atoms with van der Waals surface area (Å²) < 4.78 is 5.18. The summed E-state index contributed by atoms with van der Waals surface area (Å²) in [6.45, 7) is 0. The quantitative estimate of drug-likeness (QED) is 0.457. The maximum Gasteiger partial charge on any atom is 0.209 e. The van der Waals surface area contributed by atoms with Crippen LogP contribution in [0.2, 0.25) is 0 Å². The number of ether oxygens (including phenoxy) is 1. The highest BCUT2D eigenvalue weighted by Crippen LogP contribution is 2.25. The van der Waals surface area contributed by atoms with Crippen molar-refractivity contribution in [2.75, 3.05) is 7.11 Å². The minimum Gasteiger partial charge on any atom is -0.497 e. The van der Waals surface area contributed by atoms with Gasteiger partial charge in [-0.25, -0.2) is 4.98 Å². The third-order valence-corrected chi connectivity index (χ3v) is 5.18. The molecule has 134 valence electrons. The summed E-state index contributed by atoms with van der Waals surface area (Å²) in [5.74, 6) is 2.42. The van der Waals surface area contributed by atoms with Gasteiger partial charge in [0.25, 0.3) is 0 Å². The molecule has 0 aliphatic rings. The Balaban J connectivity index is 1.39. The minimum atomic E-state index is 0.743. The van der Waals surface area contributed by atoms with E-state index in [4.69, 9.17) is 4.74 Å². The Hall–Kier alpha value is -3.05. The van der Waals surface area contributed by atoms with Gasteiger partial charge < -0.3 is 4.74 Å². The normalized spacial score (nSPS) is 10.7. The summed E-state index contributed by atoms with van der Waals surface area (Å²) >= 11 is 1.62. The van der Waals surface area contributed by atoms with Crippen molar-refractivity contribution in [1.29, 1.82) is 0 Å². The van der Waals surface area contributed by atoms with Crippen molar-refractivity contribution in [3.63, 3.8) is 0 Å². The number of aromatic nitrogens is 3. The van der Waals surface area contributed by atoms with E-state index >= 15 is 0 Å². The van der Waals surface area contributed by atoms with Crippen LogP contribution in [-0.4, -0.2) is 22.3 Å². The Labute approximate surface area is 162 Å². The van der Waals surface area contributed by atoms with Crippen LogP contribution in [0.3, 0.4) is 0 Å². The number of rotatable bonds is 6. The highest BCUT2D eigenvalue weighted by Gasteiger charge is 2.07. The number of aromatic amines is 1. The molecule has 1 heterocycles. The number of methoxy groups -OCH3 is 1. The number of nitrogens with one attached hydrogen (secondary N) is 1. The molecule has 0 unspecified atom stereocenters. The van der Waals surface area contributed by atoms with E-state index in [-0.39, 0.29) is 0 Å². The number of H-pyrrole nitrogens is 1. The molecule has 4 nitrogen and oxygen atoms in total. The fourth-order valence-electron chi connectivity index (χ4n) is 2.76. The zero-order valence-electron chi connectivity index (χ0n) is 14.9. The van der Waals surface area contributed by atoms with Crippen LogP contribution in [0, 0.1) is 0 Å². The molecule has 0 radical (unpaired) electrons. The summed E-state index contributed by atoms with van der Waals surface area (Å²) in [7, 11) is 1.66. The first-order valence-electron chi connectivity index (χ1n) is 8.66. The summed E-state index contributed by atoms with van der Waals surface area (Å²) in [4.78, 5) is 4.57. The third kappa shape index (κ3) is 4.20. The summed E-state index contributed by atoms with van der Waals surface area (Å²) in [5.41, 5.74) is 4.69. The molecule has 1 aromatic heterocycles. The van der Waals surface area contributed by atoms with Crippen molar-refractivity contribution in [3.8, 4) is 28.3 Å². The van der Waals surface area contributed by atoms with Crippen molar-refractivity contribution in [2.45, 2.75) is 10.9 Å². The average Bonchev–Trinajstić information content (AvgIpc) is 3.22. The molecule has 0 atom stereocenters. The molecule has 3 aromatic carbocycles. The Morgan fingerprint density at radius 1 is 0.815 bits per heavy atom. The zero-order valence-corrected chi connectivity index (χ0v) is 15.7. The molecule has 0 bridgehead atoms. The maximum absolute atomic E-state index is 5.18. The Morgan fingerprint density at radius 3 is 2.19 bits per heavy atom. The van der Waals surface area contributed by atoms with Crippen LogP contribution in [0.5, 0.6) is 5.75 Å². The van der Waals surface area contributed by atoms with E-state index in [0.29, 0.717) is 0 Å². The van der Waals surface area contributed by atoms with Crippen molar-refractivity contribution < 1.29 is 4.74 Å². The predicted octanol–water partition coefficient (Wildman–Crippen LogP) is 5.44. The second-order valence-corrected chi connectivity index (χ2v) is 6.99. The van der Waals surface area contributed by atoms with Gasteiger partial charge in [-0.2, -0.15) is 0 Å². The van der Waals surface area contributed by atoms with E-state index in [2.05, 4.69) is 63.7 Å². The lowest BCUT2D eigenvalue weighted by Crippen LogP contribution is -1.84. The van der Waals surface area contributed by atoms with Gasteiger partial charge in [-0.1, -0.05) is 66.4 Å². The molecular formula is C22H19N3OS. The molecule has 0 spiro atoms. The van der Waals surface area contributed by atoms with Gasteiger partial charge in [0.05, 0.1) is 7.11 Å². The molecule has 0 fully saturated rings. The topological polar surface area (TPSA) is 50.8 Å². The fraction of sp³-hybridized carbons (Fsp3) is 0.0909. The monoisotopic (exact) mass is 373 g/mol. The van der Waals surface area contributed by atoms with Gasteiger partial charge in [0.15, 0.2) is 5.82 Å². The SMILES string of the molecule is COc1ccc(-c2nc(SCc3ccc(-c4ccccc4)cc3)n[nH]2)cc1. The van der Waals surface area contributed by atoms with E-state index in [1.54, 1.807) is 18.9 Å².